The molecule has 0 fully saturated rings. The molecule has 3 aromatic rings. The Morgan fingerprint density at radius 2 is 1.73 bits per heavy atom. The molecule has 6 rings (SSSR count). The van der Waals surface area contributed by atoms with Gasteiger partial charge in [0.2, 0.25) is 5.91 Å². The number of aryl methyl sites for hydroxylation is 1. The maximum atomic E-state index is 13.7. The minimum atomic E-state index is -0.491. The lowest BCUT2D eigenvalue weighted by Gasteiger charge is -2.36. The molecule has 1 unspecified atom stereocenters. The van der Waals surface area contributed by atoms with E-state index in [-0.39, 0.29) is 29.7 Å². The van der Waals surface area contributed by atoms with E-state index < -0.39 is 6.04 Å². The van der Waals surface area contributed by atoms with Crippen molar-refractivity contribution in [3.8, 4) is 0 Å². The summed E-state index contributed by atoms with van der Waals surface area (Å²) in [5.74, 6) is 1.49. The van der Waals surface area contributed by atoms with Crippen LogP contribution in [0.1, 0.15) is 55.4 Å². The lowest BCUT2D eigenvalue weighted by molar-refractivity contribution is -0.121. The van der Waals surface area contributed by atoms with Crippen molar-refractivity contribution in [1.29, 1.82) is 0 Å². The van der Waals surface area contributed by atoms with E-state index in [0.29, 0.717) is 17.8 Å². The fourth-order valence-electron chi connectivity index (χ4n) is 6.21. The number of nitrogens with one attached hydrogen (secondary N) is 2. The predicted octanol–water partition coefficient (Wildman–Crippen LogP) is 5.49. The highest BCUT2D eigenvalue weighted by Gasteiger charge is 2.43. The molecule has 2 N–H and O–H groups in total. The van der Waals surface area contributed by atoms with Crippen molar-refractivity contribution >= 4 is 23.1 Å². The number of benzene rings is 2. The van der Waals surface area contributed by atoms with Crippen LogP contribution in [-0.2, 0) is 22.4 Å². The van der Waals surface area contributed by atoms with Crippen molar-refractivity contribution in [2.24, 2.45) is 5.41 Å². The smallest absolute Gasteiger partial charge is 0.239 e. The predicted molar refractivity (Wildman–Crippen MR) is 144 cm³/mol. The maximum Gasteiger partial charge on any atom is 0.239 e. The Hall–Kier alpha value is -3.80. The number of hydrogen-bond acceptors (Lipinski definition) is 5. The lowest BCUT2D eigenvalue weighted by Crippen LogP contribution is -2.45. The van der Waals surface area contributed by atoms with E-state index in [4.69, 9.17) is 4.42 Å². The molecule has 0 saturated heterocycles. The van der Waals surface area contributed by atoms with Crippen LogP contribution in [-0.4, -0.2) is 24.3 Å². The Morgan fingerprint density at radius 1 is 1.03 bits per heavy atom. The number of Topliss-reactive ketones (excluding diaryl/α,β-unsaturated/α-hetero) is 1. The quantitative estimate of drug-likeness (QED) is 0.501. The Morgan fingerprint density at radius 3 is 2.43 bits per heavy atom. The highest BCUT2D eigenvalue weighted by molar-refractivity contribution is 6.01. The van der Waals surface area contributed by atoms with Gasteiger partial charge in [-0.1, -0.05) is 50.2 Å². The molecule has 37 heavy (non-hydrogen) atoms. The third kappa shape index (κ3) is 4.45. The molecule has 3 aliphatic rings. The average Bonchev–Trinajstić information content (AvgIpc) is 3.42. The van der Waals surface area contributed by atoms with Crippen molar-refractivity contribution in [2.45, 2.75) is 58.5 Å². The summed E-state index contributed by atoms with van der Waals surface area (Å²) >= 11 is 0. The molecule has 1 aromatic heterocycles. The first-order valence-corrected chi connectivity index (χ1v) is 13.1. The van der Waals surface area contributed by atoms with Gasteiger partial charge < -0.3 is 20.0 Å². The first-order chi connectivity index (χ1) is 17.8. The van der Waals surface area contributed by atoms with Gasteiger partial charge in [-0.25, -0.2) is 0 Å². The summed E-state index contributed by atoms with van der Waals surface area (Å²) in [5, 5.41) is 6.85. The number of nitrogens with zero attached hydrogens (tertiary/aromatic N) is 1. The zero-order chi connectivity index (χ0) is 25.7. The molecular formula is C31H33N3O3. The number of carbonyl (C=O) groups is 2. The van der Waals surface area contributed by atoms with Crippen molar-refractivity contribution in [1.82, 2.24) is 5.32 Å². The molecule has 2 aliphatic carbocycles. The second-order valence-electron chi connectivity index (χ2n) is 11.4. The topological polar surface area (TPSA) is 74.6 Å². The van der Waals surface area contributed by atoms with E-state index in [1.54, 1.807) is 0 Å². The molecule has 1 amide bonds. The molecule has 0 saturated carbocycles. The Balaban J connectivity index is 1.38. The zero-order valence-corrected chi connectivity index (χ0v) is 21.6. The van der Waals surface area contributed by atoms with E-state index >= 15 is 0 Å². The fraction of sp³-hybridized carbons (Fsp3) is 0.355. The Labute approximate surface area is 217 Å². The van der Waals surface area contributed by atoms with Crippen molar-refractivity contribution < 1.29 is 14.0 Å². The van der Waals surface area contributed by atoms with E-state index in [2.05, 4.69) is 36.6 Å². The van der Waals surface area contributed by atoms with E-state index in [0.717, 1.165) is 42.1 Å². The minimum Gasteiger partial charge on any atom is -0.464 e. The number of fused-ring (bicyclic) bond motifs is 2. The normalized spacial score (nSPS) is 20.6. The summed E-state index contributed by atoms with van der Waals surface area (Å²) in [6.45, 7) is 6.28. The molecular weight excluding hydrogens is 462 g/mol. The Bertz CT molecular complexity index is 1390. The van der Waals surface area contributed by atoms with Gasteiger partial charge in [-0.15, -0.1) is 0 Å². The maximum absolute atomic E-state index is 13.7. The number of carbonyl (C=O) groups excluding carboxylic acids is 2. The van der Waals surface area contributed by atoms with Crippen LogP contribution < -0.4 is 15.5 Å². The van der Waals surface area contributed by atoms with Gasteiger partial charge >= 0.3 is 0 Å². The second-order valence-corrected chi connectivity index (χ2v) is 11.4. The van der Waals surface area contributed by atoms with Crippen LogP contribution in [0.25, 0.3) is 0 Å². The van der Waals surface area contributed by atoms with Crippen LogP contribution in [0.15, 0.2) is 76.4 Å². The van der Waals surface area contributed by atoms with Gasteiger partial charge in [0.1, 0.15) is 17.6 Å². The number of para-hydroxylation sites is 2. The number of allylic oxidation sites excluding steroid dienone is 1. The summed E-state index contributed by atoms with van der Waals surface area (Å²) in [4.78, 5) is 29.3. The van der Waals surface area contributed by atoms with Crippen LogP contribution in [0.5, 0.6) is 0 Å². The minimum absolute atomic E-state index is 0.0616. The van der Waals surface area contributed by atoms with Crippen molar-refractivity contribution in [3.05, 3.63) is 94.6 Å². The summed E-state index contributed by atoms with van der Waals surface area (Å²) in [6, 6.07) is 19.8. The fourth-order valence-corrected chi connectivity index (χ4v) is 6.21. The third-order valence-electron chi connectivity index (χ3n) is 7.76. The van der Waals surface area contributed by atoms with Gasteiger partial charge in [-0.3, -0.25) is 9.59 Å². The van der Waals surface area contributed by atoms with E-state index in [1.165, 1.54) is 11.1 Å². The molecule has 190 valence electrons. The molecule has 0 radical (unpaired) electrons. The van der Waals surface area contributed by atoms with Gasteiger partial charge in [-0.2, -0.15) is 0 Å². The summed E-state index contributed by atoms with van der Waals surface area (Å²) < 4.78 is 6.14. The average molecular weight is 496 g/mol. The van der Waals surface area contributed by atoms with E-state index in [1.807, 2.05) is 60.4 Å². The number of amides is 1. The van der Waals surface area contributed by atoms with Gasteiger partial charge in [0, 0.05) is 23.7 Å². The molecule has 0 bridgehead atoms. The van der Waals surface area contributed by atoms with Gasteiger partial charge in [0.15, 0.2) is 5.78 Å². The molecule has 2 heterocycles. The molecule has 2 aromatic carbocycles. The monoisotopic (exact) mass is 495 g/mol. The highest BCUT2D eigenvalue weighted by Crippen LogP contribution is 2.48. The lowest BCUT2D eigenvalue weighted by atomic mass is 9.74. The molecule has 1 atom stereocenters. The van der Waals surface area contributed by atoms with Crippen LogP contribution in [0.3, 0.4) is 0 Å². The summed E-state index contributed by atoms with van der Waals surface area (Å²) in [5.41, 5.74) is 5.84. The number of rotatable bonds is 4. The van der Waals surface area contributed by atoms with Crippen LogP contribution >= 0.6 is 0 Å². The molecule has 0 spiro atoms. The van der Waals surface area contributed by atoms with Crippen LogP contribution in [0, 0.1) is 12.3 Å². The van der Waals surface area contributed by atoms with Crippen LogP contribution in [0.4, 0.5) is 11.4 Å². The van der Waals surface area contributed by atoms with Gasteiger partial charge in [0.25, 0.3) is 0 Å². The summed E-state index contributed by atoms with van der Waals surface area (Å²) in [6.07, 6.45) is 2.88. The molecule has 1 aliphatic heterocycles. The zero-order valence-electron chi connectivity index (χ0n) is 21.6. The highest BCUT2D eigenvalue weighted by atomic mass is 16.3. The SMILES string of the molecule is Cc1ccc(C2C3=C(CC(C)(C)CC3=O)Nc3ccccc3N2CC(=O)NC2Cc3ccccc3C2)o1. The number of anilines is 2. The molecule has 6 nitrogen and oxygen atoms in total. The standard InChI is InChI=1S/C31H33N3O3/c1-19-12-13-27(37-19)30-29-24(16-31(2,3)17-26(29)35)33-23-10-6-7-11-25(23)34(30)18-28(36)32-22-14-20-8-4-5-9-21(20)15-22/h4-13,22,30,33H,14-18H2,1-3H3,(H,32,36). The number of ketones is 1. The summed E-state index contributed by atoms with van der Waals surface area (Å²) in [7, 11) is 0. The molecule has 6 heteroatoms. The van der Waals surface area contributed by atoms with Crippen LogP contribution in [0.2, 0.25) is 0 Å². The second kappa shape index (κ2) is 8.94. The third-order valence-corrected chi connectivity index (χ3v) is 7.76. The first kappa shape index (κ1) is 23.6. The number of hydrogen-bond donors (Lipinski definition) is 2. The van der Waals surface area contributed by atoms with Crippen molar-refractivity contribution in [3.63, 3.8) is 0 Å². The number of furan rings is 1. The van der Waals surface area contributed by atoms with Gasteiger partial charge in [0.05, 0.1) is 17.9 Å². The van der Waals surface area contributed by atoms with E-state index in [9.17, 15) is 9.59 Å². The van der Waals surface area contributed by atoms with Crippen molar-refractivity contribution in [2.75, 3.05) is 16.8 Å². The van der Waals surface area contributed by atoms with Gasteiger partial charge in [-0.05, 0) is 67.0 Å². The largest absolute Gasteiger partial charge is 0.464 e. The first-order valence-electron chi connectivity index (χ1n) is 13.1. The Kier molecular flexibility index (Phi) is 5.70.